The Morgan fingerprint density at radius 2 is 1.62 bits per heavy atom. The second-order valence-electron chi connectivity index (χ2n) is 5.06. The first-order valence-corrected chi connectivity index (χ1v) is 8.16. The SMILES string of the molecule is CCCOC(=O)C(C(=O)OCCC)N(CC)C1=C=C=C(OC)C=C1. The summed E-state index contributed by atoms with van der Waals surface area (Å²) < 4.78 is 15.4. The van der Waals surface area contributed by atoms with Gasteiger partial charge in [-0.25, -0.2) is 9.59 Å². The molecule has 0 bridgehead atoms. The highest BCUT2D eigenvalue weighted by Crippen LogP contribution is 2.16. The second kappa shape index (κ2) is 10.4. The van der Waals surface area contributed by atoms with Crippen LogP contribution in [0.4, 0.5) is 0 Å². The largest absolute Gasteiger partial charge is 0.489 e. The molecule has 0 spiro atoms. The Morgan fingerprint density at radius 3 is 2.00 bits per heavy atom. The fourth-order valence-electron chi connectivity index (χ4n) is 2.06. The van der Waals surface area contributed by atoms with E-state index >= 15 is 0 Å². The van der Waals surface area contributed by atoms with Crippen molar-refractivity contribution in [2.24, 2.45) is 0 Å². The van der Waals surface area contributed by atoms with Gasteiger partial charge in [-0.1, -0.05) is 13.8 Å². The normalized spacial score (nSPS) is 12.5. The van der Waals surface area contributed by atoms with Gasteiger partial charge < -0.3 is 19.1 Å². The van der Waals surface area contributed by atoms with E-state index in [2.05, 4.69) is 11.5 Å². The van der Waals surface area contributed by atoms with Gasteiger partial charge in [-0.3, -0.25) is 0 Å². The minimum absolute atomic E-state index is 0.256. The summed E-state index contributed by atoms with van der Waals surface area (Å²) in [5.41, 5.74) is 6.28. The molecule has 24 heavy (non-hydrogen) atoms. The van der Waals surface area contributed by atoms with Crippen molar-refractivity contribution in [1.82, 2.24) is 4.90 Å². The zero-order valence-corrected chi connectivity index (χ0v) is 14.8. The molecule has 0 aromatic heterocycles. The van der Waals surface area contributed by atoms with Crippen LogP contribution in [0.1, 0.15) is 33.6 Å². The molecule has 0 aromatic rings. The molecule has 0 aliphatic heterocycles. The third kappa shape index (κ3) is 5.34. The number of nitrogens with zero attached hydrogens (tertiary/aromatic N) is 1. The fourth-order valence-corrected chi connectivity index (χ4v) is 2.06. The van der Waals surface area contributed by atoms with Gasteiger partial charge >= 0.3 is 11.9 Å². The Hall–Kier alpha value is -2.42. The lowest BCUT2D eigenvalue weighted by Gasteiger charge is -2.29. The minimum Gasteiger partial charge on any atom is -0.489 e. The van der Waals surface area contributed by atoms with Crippen LogP contribution in [-0.4, -0.2) is 49.7 Å². The van der Waals surface area contributed by atoms with Crippen molar-refractivity contribution in [1.29, 1.82) is 0 Å². The molecular formula is C18H25NO5. The maximum atomic E-state index is 12.4. The lowest BCUT2D eigenvalue weighted by molar-refractivity contribution is -0.163. The minimum atomic E-state index is -1.16. The van der Waals surface area contributed by atoms with Crippen LogP contribution in [0.5, 0.6) is 0 Å². The van der Waals surface area contributed by atoms with Gasteiger partial charge in [0.15, 0.2) is 5.76 Å². The predicted molar refractivity (Wildman–Crippen MR) is 88.9 cm³/mol. The van der Waals surface area contributed by atoms with Crippen molar-refractivity contribution in [3.05, 3.63) is 35.1 Å². The first kappa shape index (κ1) is 19.6. The average Bonchev–Trinajstić information content (AvgIpc) is 2.62. The molecule has 1 aliphatic rings. The quantitative estimate of drug-likeness (QED) is 0.347. The van der Waals surface area contributed by atoms with E-state index in [1.54, 1.807) is 17.1 Å². The molecule has 0 radical (unpaired) electrons. The van der Waals surface area contributed by atoms with Crippen molar-refractivity contribution in [2.75, 3.05) is 26.9 Å². The Bertz CT molecular complexity index is 560. The van der Waals surface area contributed by atoms with Crippen LogP contribution < -0.4 is 0 Å². The number of hydrogen-bond donors (Lipinski definition) is 0. The number of carbonyl (C=O) groups is 2. The van der Waals surface area contributed by atoms with Crippen LogP contribution in [0.25, 0.3) is 0 Å². The zero-order chi connectivity index (χ0) is 17.9. The summed E-state index contributed by atoms with van der Waals surface area (Å²) in [7, 11) is 1.53. The van der Waals surface area contributed by atoms with E-state index in [1.165, 1.54) is 7.11 Å². The highest BCUT2D eigenvalue weighted by Gasteiger charge is 2.36. The van der Waals surface area contributed by atoms with Gasteiger partial charge in [0.05, 0.1) is 26.0 Å². The van der Waals surface area contributed by atoms with Crippen LogP contribution in [0.3, 0.4) is 0 Å². The highest BCUT2D eigenvalue weighted by atomic mass is 16.6. The summed E-state index contributed by atoms with van der Waals surface area (Å²) in [5.74, 6) is -0.721. The first-order chi connectivity index (χ1) is 11.6. The van der Waals surface area contributed by atoms with Crippen LogP contribution in [0, 0.1) is 0 Å². The lowest BCUT2D eigenvalue weighted by Crippen LogP contribution is -2.47. The van der Waals surface area contributed by atoms with E-state index in [-0.39, 0.29) is 13.2 Å². The van der Waals surface area contributed by atoms with E-state index in [0.29, 0.717) is 30.8 Å². The lowest BCUT2D eigenvalue weighted by atomic mass is 10.2. The summed E-state index contributed by atoms with van der Waals surface area (Å²) >= 11 is 0. The standard InChI is InChI=1S/C18H25NO5/c1-5-12-23-17(20)16(18(21)24-13-6-2)19(7-3)14-8-10-15(22-4)11-9-14/h8,10,16H,5-7,12-13H2,1-4H3. The number of hydrogen-bond acceptors (Lipinski definition) is 6. The topological polar surface area (TPSA) is 65.1 Å². The van der Waals surface area contributed by atoms with Gasteiger partial charge in [0.25, 0.3) is 0 Å². The molecule has 6 heteroatoms. The van der Waals surface area contributed by atoms with Crippen LogP contribution in [-0.2, 0) is 23.8 Å². The third-order valence-electron chi connectivity index (χ3n) is 3.23. The van der Waals surface area contributed by atoms with Crippen molar-refractivity contribution < 1.29 is 23.8 Å². The Morgan fingerprint density at radius 1 is 1.04 bits per heavy atom. The van der Waals surface area contributed by atoms with E-state index in [9.17, 15) is 9.59 Å². The van der Waals surface area contributed by atoms with Crippen LogP contribution in [0.15, 0.2) is 35.1 Å². The van der Waals surface area contributed by atoms with Crippen molar-refractivity contribution in [3.63, 3.8) is 0 Å². The van der Waals surface area contributed by atoms with Crippen molar-refractivity contribution >= 4 is 11.9 Å². The molecule has 0 unspecified atom stereocenters. The van der Waals surface area contributed by atoms with E-state index in [1.807, 2.05) is 20.8 Å². The highest BCUT2D eigenvalue weighted by molar-refractivity contribution is 5.99. The monoisotopic (exact) mass is 335 g/mol. The number of allylic oxidation sites excluding steroid dienone is 2. The summed E-state index contributed by atoms with van der Waals surface area (Å²) in [6, 6.07) is -1.16. The number of rotatable bonds is 10. The van der Waals surface area contributed by atoms with Gasteiger partial charge in [0, 0.05) is 6.54 Å². The van der Waals surface area contributed by atoms with Crippen LogP contribution in [0.2, 0.25) is 0 Å². The Kier molecular flexibility index (Phi) is 8.48. The van der Waals surface area contributed by atoms with E-state index in [4.69, 9.17) is 14.2 Å². The number of methoxy groups -OCH3 is 1. The molecule has 132 valence electrons. The number of carbonyl (C=O) groups excluding carboxylic acids is 2. The molecule has 1 rings (SSSR count). The van der Waals surface area contributed by atoms with Crippen LogP contribution >= 0.6 is 0 Å². The maximum absolute atomic E-state index is 12.4. The summed E-state index contributed by atoms with van der Waals surface area (Å²) in [5, 5.41) is 0. The molecule has 0 saturated heterocycles. The van der Waals surface area contributed by atoms with Gasteiger partial charge in [0.1, 0.15) is 0 Å². The Labute approximate surface area is 143 Å². The second-order valence-corrected chi connectivity index (χ2v) is 5.06. The smallest absolute Gasteiger partial charge is 0.340 e. The number of likely N-dealkylation sites (N-methyl/N-ethyl adjacent to an activating group) is 1. The molecule has 0 heterocycles. The summed E-state index contributed by atoms with van der Waals surface area (Å²) in [6.45, 7) is 6.54. The van der Waals surface area contributed by atoms with Gasteiger partial charge in [-0.15, -0.1) is 0 Å². The molecule has 0 atom stereocenters. The van der Waals surface area contributed by atoms with Gasteiger partial charge in [-0.2, -0.15) is 0 Å². The molecular weight excluding hydrogens is 310 g/mol. The average molecular weight is 335 g/mol. The molecule has 0 amide bonds. The Balaban J connectivity index is 3.12. The third-order valence-corrected chi connectivity index (χ3v) is 3.23. The summed E-state index contributed by atoms with van der Waals surface area (Å²) in [4.78, 5) is 26.4. The van der Waals surface area contributed by atoms with Crippen molar-refractivity contribution in [3.8, 4) is 0 Å². The molecule has 6 nitrogen and oxygen atoms in total. The number of ether oxygens (including phenoxy) is 3. The zero-order valence-electron chi connectivity index (χ0n) is 14.8. The molecule has 0 N–H and O–H groups in total. The van der Waals surface area contributed by atoms with Crippen molar-refractivity contribution in [2.45, 2.75) is 39.7 Å². The fraction of sp³-hybridized carbons (Fsp3) is 0.556. The molecule has 0 fully saturated rings. The van der Waals surface area contributed by atoms with Gasteiger partial charge in [-0.05, 0) is 43.4 Å². The van der Waals surface area contributed by atoms with E-state index < -0.39 is 18.0 Å². The summed E-state index contributed by atoms with van der Waals surface area (Å²) in [6.07, 6.45) is 4.76. The number of esters is 2. The molecule has 0 aromatic carbocycles. The van der Waals surface area contributed by atoms with E-state index in [0.717, 1.165) is 0 Å². The maximum Gasteiger partial charge on any atom is 0.340 e. The molecule has 0 saturated carbocycles. The molecule has 1 aliphatic carbocycles. The predicted octanol–water partition coefficient (Wildman–Crippen LogP) is 2.32. The first-order valence-electron chi connectivity index (χ1n) is 8.16. The van der Waals surface area contributed by atoms with Gasteiger partial charge in [0.2, 0.25) is 6.04 Å².